The number of esters is 1. The molecule has 2 heterocycles. The lowest BCUT2D eigenvalue weighted by Crippen LogP contribution is -2.10. The molecular formula is C14H11BrF2N2O3. The average Bonchev–Trinajstić information content (AvgIpc) is 2.45. The van der Waals surface area contributed by atoms with Crippen molar-refractivity contribution in [1.29, 1.82) is 0 Å². The van der Waals surface area contributed by atoms with Crippen LogP contribution in [0.25, 0.3) is 0 Å². The molecule has 0 fully saturated rings. The number of nitrogens with zero attached hydrogens (tertiary/aromatic N) is 2. The normalized spacial score (nSPS) is 10.4. The van der Waals surface area contributed by atoms with Crippen LogP contribution in [-0.2, 0) is 4.74 Å². The maximum Gasteiger partial charge on any atom is 0.345 e. The van der Waals surface area contributed by atoms with E-state index in [0.29, 0.717) is 0 Å². The van der Waals surface area contributed by atoms with Crippen molar-refractivity contribution in [2.75, 3.05) is 6.61 Å². The average molecular weight is 373 g/mol. The molecule has 0 radical (unpaired) electrons. The fraction of sp³-hybridized carbons (Fsp3) is 0.214. The van der Waals surface area contributed by atoms with Gasteiger partial charge in [0.15, 0.2) is 11.6 Å². The van der Waals surface area contributed by atoms with Gasteiger partial charge < -0.3 is 9.47 Å². The number of aryl methyl sites for hydroxylation is 1. The highest BCUT2D eigenvalue weighted by molar-refractivity contribution is 9.10. The molecule has 0 aliphatic heterocycles. The Morgan fingerprint density at radius 3 is 2.73 bits per heavy atom. The number of rotatable bonds is 4. The Morgan fingerprint density at radius 2 is 2.09 bits per heavy atom. The zero-order valence-corrected chi connectivity index (χ0v) is 13.3. The van der Waals surface area contributed by atoms with Crippen LogP contribution in [0.1, 0.15) is 23.0 Å². The summed E-state index contributed by atoms with van der Waals surface area (Å²) in [6.45, 7) is 3.19. The second-order valence-corrected chi connectivity index (χ2v) is 4.89. The summed E-state index contributed by atoms with van der Waals surface area (Å²) >= 11 is 3.09. The van der Waals surface area contributed by atoms with Crippen LogP contribution in [0, 0.1) is 18.7 Å². The highest BCUT2D eigenvalue weighted by atomic mass is 79.9. The number of aromatic nitrogens is 2. The number of carbonyl (C=O) groups is 1. The molecule has 0 unspecified atom stereocenters. The molecule has 8 heteroatoms. The minimum Gasteiger partial charge on any atom is -0.462 e. The zero-order chi connectivity index (χ0) is 16.3. The van der Waals surface area contributed by atoms with Gasteiger partial charge in [-0.05, 0) is 41.9 Å². The smallest absolute Gasteiger partial charge is 0.345 e. The molecule has 0 aromatic carbocycles. The third kappa shape index (κ3) is 3.38. The first-order chi connectivity index (χ1) is 10.4. The van der Waals surface area contributed by atoms with Crippen molar-refractivity contribution in [3.63, 3.8) is 0 Å². The first-order valence-corrected chi connectivity index (χ1v) is 7.05. The van der Waals surface area contributed by atoms with Crippen LogP contribution in [0.4, 0.5) is 8.78 Å². The molecule has 0 amide bonds. The van der Waals surface area contributed by atoms with Crippen molar-refractivity contribution in [1.82, 2.24) is 9.97 Å². The molecule has 2 aromatic heterocycles. The second-order valence-electron chi connectivity index (χ2n) is 4.14. The summed E-state index contributed by atoms with van der Waals surface area (Å²) in [5.74, 6) is -2.43. The predicted octanol–water partition coefficient (Wildman–Crippen LogP) is 3.79. The maximum atomic E-state index is 13.9. The van der Waals surface area contributed by atoms with Crippen LogP contribution in [0.5, 0.6) is 11.5 Å². The highest BCUT2D eigenvalue weighted by Crippen LogP contribution is 2.34. The van der Waals surface area contributed by atoms with E-state index in [4.69, 9.17) is 9.47 Å². The third-order valence-electron chi connectivity index (χ3n) is 2.64. The molecule has 2 aromatic rings. The van der Waals surface area contributed by atoms with Gasteiger partial charge in [0.1, 0.15) is 15.9 Å². The lowest BCUT2D eigenvalue weighted by atomic mass is 10.2. The number of carbonyl (C=O) groups excluding carboxylic acids is 1. The molecule has 0 aliphatic rings. The Kier molecular flexibility index (Phi) is 5.02. The van der Waals surface area contributed by atoms with Gasteiger partial charge in [-0.1, -0.05) is 0 Å². The van der Waals surface area contributed by atoms with Crippen LogP contribution in [0.2, 0.25) is 0 Å². The predicted molar refractivity (Wildman–Crippen MR) is 76.9 cm³/mol. The van der Waals surface area contributed by atoms with Crippen molar-refractivity contribution in [2.24, 2.45) is 0 Å². The molecule has 2 rings (SSSR count). The molecule has 0 spiro atoms. The summed E-state index contributed by atoms with van der Waals surface area (Å²) in [7, 11) is 0. The quantitative estimate of drug-likeness (QED) is 0.603. The molecule has 5 nitrogen and oxygen atoms in total. The van der Waals surface area contributed by atoms with Crippen molar-refractivity contribution in [2.45, 2.75) is 13.8 Å². The number of halogens is 3. The fourth-order valence-corrected chi connectivity index (χ4v) is 2.05. The fourth-order valence-electron chi connectivity index (χ4n) is 1.67. The molecule has 0 saturated heterocycles. The van der Waals surface area contributed by atoms with Gasteiger partial charge in [0.25, 0.3) is 0 Å². The Labute approximate surface area is 133 Å². The summed E-state index contributed by atoms with van der Waals surface area (Å²) in [6.07, 6.45) is 0.874. The van der Waals surface area contributed by atoms with Crippen LogP contribution >= 0.6 is 15.9 Å². The summed E-state index contributed by atoms with van der Waals surface area (Å²) in [4.78, 5) is 19.2. The van der Waals surface area contributed by atoms with Crippen molar-refractivity contribution >= 4 is 21.9 Å². The van der Waals surface area contributed by atoms with E-state index in [9.17, 15) is 13.6 Å². The second kappa shape index (κ2) is 6.78. The number of hydrogen-bond donors (Lipinski definition) is 0. The van der Waals surface area contributed by atoms with E-state index in [1.165, 1.54) is 13.0 Å². The zero-order valence-electron chi connectivity index (χ0n) is 11.7. The Hall–Kier alpha value is -2.09. The van der Waals surface area contributed by atoms with E-state index in [0.717, 1.165) is 12.3 Å². The molecule has 0 aliphatic carbocycles. The van der Waals surface area contributed by atoms with E-state index in [-0.39, 0.29) is 28.4 Å². The Bertz CT molecular complexity index is 725. The van der Waals surface area contributed by atoms with E-state index in [2.05, 4.69) is 25.9 Å². The lowest BCUT2D eigenvalue weighted by molar-refractivity contribution is 0.0517. The molecule has 0 bridgehead atoms. The van der Waals surface area contributed by atoms with Gasteiger partial charge >= 0.3 is 5.97 Å². The van der Waals surface area contributed by atoms with Crippen LogP contribution in [-0.4, -0.2) is 22.5 Å². The van der Waals surface area contributed by atoms with Gasteiger partial charge in [0.2, 0.25) is 5.95 Å². The van der Waals surface area contributed by atoms with Crippen molar-refractivity contribution in [3.05, 3.63) is 46.0 Å². The Morgan fingerprint density at radius 1 is 1.36 bits per heavy atom. The van der Waals surface area contributed by atoms with Crippen molar-refractivity contribution < 1.29 is 23.0 Å². The number of pyridine rings is 2. The molecule has 22 heavy (non-hydrogen) atoms. The van der Waals surface area contributed by atoms with Gasteiger partial charge in [0.05, 0.1) is 18.5 Å². The molecule has 0 saturated carbocycles. The van der Waals surface area contributed by atoms with E-state index >= 15 is 0 Å². The SMILES string of the molecule is CCOC(=O)c1c(F)cnc(Br)c1Oc1ccc(F)nc1C. The highest BCUT2D eigenvalue weighted by Gasteiger charge is 2.24. The van der Waals surface area contributed by atoms with E-state index < -0.39 is 23.3 Å². The first-order valence-electron chi connectivity index (χ1n) is 6.26. The van der Waals surface area contributed by atoms with Crippen molar-refractivity contribution in [3.8, 4) is 11.5 Å². The summed E-state index contributed by atoms with van der Waals surface area (Å²) in [5, 5.41) is 0. The van der Waals surface area contributed by atoms with Crippen LogP contribution < -0.4 is 4.74 Å². The molecule has 0 N–H and O–H groups in total. The molecule has 116 valence electrons. The lowest BCUT2D eigenvalue weighted by Gasteiger charge is -2.13. The maximum absolute atomic E-state index is 13.9. The van der Waals surface area contributed by atoms with Gasteiger partial charge in [-0.15, -0.1) is 0 Å². The van der Waals surface area contributed by atoms with E-state index in [1.807, 2.05) is 0 Å². The van der Waals surface area contributed by atoms with Crippen LogP contribution in [0.15, 0.2) is 22.9 Å². The minimum absolute atomic E-state index is 0.0782. The summed E-state index contributed by atoms with van der Waals surface area (Å²) < 4.78 is 37.4. The standard InChI is InChI=1S/C14H11BrF2N2O3/c1-3-21-14(20)11-8(16)6-18-13(15)12(11)22-9-4-5-10(17)19-7(9)2/h4-6H,3H2,1-2H3. The number of ether oxygens (including phenoxy) is 2. The van der Waals surface area contributed by atoms with Gasteiger partial charge in [-0.2, -0.15) is 4.39 Å². The largest absolute Gasteiger partial charge is 0.462 e. The van der Waals surface area contributed by atoms with Crippen LogP contribution in [0.3, 0.4) is 0 Å². The topological polar surface area (TPSA) is 61.3 Å². The number of hydrogen-bond acceptors (Lipinski definition) is 5. The summed E-state index contributed by atoms with van der Waals surface area (Å²) in [6, 6.07) is 2.41. The van der Waals surface area contributed by atoms with E-state index in [1.54, 1.807) is 6.92 Å². The third-order valence-corrected chi connectivity index (χ3v) is 3.20. The molecule has 0 atom stereocenters. The Balaban J connectivity index is 2.49. The molecular weight excluding hydrogens is 362 g/mol. The van der Waals surface area contributed by atoms with Gasteiger partial charge in [-0.3, -0.25) is 0 Å². The first kappa shape index (κ1) is 16.3. The monoisotopic (exact) mass is 372 g/mol. The van der Waals surface area contributed by atoms with Gasteiger partial charge in [0, 0.05) is 0 Å². The summed E-state index contributed by atoms with van der Waals surface area (Å²) in [5.41, 5.74) is -0.154. The van der Waals surface area contributed by atoms with Gasteiger partial charge in [-0.25, -0.2) is 19.2 Å². The minimum atomic E-state index is -0.885.